The van der Waals surface area contributed by atoms with Gasteiger partial charge in [0, 0.05) is 11.6 Å². The Labute approximate surface area is 142 Å². The van der Waals surface area contributed by atoms with E-state index >= 15 is 0 Å². The van der Waals surface area contributed by atoms with Gasteiger partial charge in [-0.15, -0.1) is 0 Å². The lowest BCUT2D eigenvalue weighted by Crippen LogP contribution is -2.25. The Morgan fingerprint density at radius 3 is 2.83 bits per heavy atom. The normalized spacial score (nSPS) is 11.0. The summed E-state index contributed by atoms with van der Waals surface area (Å²) in [6, 6.07) is 4.08. The highest BCUT2D eigenvalue weighted by atomic mass is 35.5. The molecule has 1 aromatic carbocycles. The van der Waals surface area contributed by atoms with E-state index in [9.17, 15) is 9.60 Å². The molecule has 8 heteroatoms. The second-order valence-electron chi connectivity index (χ2n) is 5.41. The molecule has 0 fully saturated rings. The second kappa shape index (κ2) is 6.45. The summed E-state index contributed by atoms with van der Waals surface area (Å²) in [5, 5.41) is 15.9. The quantitative estimate of drug-likeness (QED) is 0.532. The van der Waals surface area contributed by atoms with Crippen LogP contribution in [-0.4, -0.2) is 14.8 Å². The molecule has 0 saturated heterocycles. The summed E-state index contributed by atoms with van der Waals surface area (Å²) < 4.78 is 21.7. The van der Waals surface area contributed by atoms with Gasteiger partial charge in [0.1, 0.15) is 17.8 Å². The zero-order valence-corrected chi connectivity index (χ0v) is 13.7. The molecule has 3 aromatic rings. The predicted octanol–water partition coefficient (Wildman–Crippen LogP) is 3.74. The lowest BCUT2D eigenvalue weighted by Gasteiger charge is -2.15. The third-order valence-corrected chi connectivity index (χ3v) is 3.58. The van der Waals surface area contributed by atoms with Crippen molar-refractivity contribution in [3.05, 3.63) is 59.2 Å². The Hall–Kier alpha value is -2.67. The molecule has 0 unspecified atom stereocenters. The van der Waals surface area contributed by atoms with E-state index in [1.165, 1.54) is 36.8 Å². The maximum atomic E-state index is 13.8. The molecular weight excluding hydrogens is 335 g/mol. The van der Waals surface area contributed by atoms with E-state index in [4.69, 9.17) is 16.3 Å². The van der Waals surface area contributed by atoms with Gasteiger partial charge in [-0.1, -0.05) is 16.6 Å². The highest BCUT2D eigenvalue weighted by molar-refractivity contribution is 6.33. The molecule has 0 aliphatic rings. The topological polar surface area (TPSA) is 66.9 Å². The first-order chi connectivity index (χ1) is 11.5. The molecule has 0 aliphatic carbocycles. The van der Waals surface area contributed by atoms with Crippen molar-refractivity contribution in [3.8, 4) is 22.8 Å². The Morgan fingerprint density at radius 1 is 1.33 bits per heavy atom. The summed E-state index contributed by atoms with van der Waals surface area (Å²) in [4.78, 5) is 3.76. The van der Waals surface area contributed by atoms with E-state index in [2.05, 4.69) is 10.1 Å². The first-order valence-electron chi connectivity index (χ1n) is 7.20. The molecular formula is C16H14ClFN4O2. The number of ether oxygens (including phenoxy) is 1. The lowest BCUT2D eigenvalue weighted by molar-refractivity contribution is -0.609. The van der Waals surface area contributed by atoms with Gasteiger partial charge < -0.3 is 9.94 Å². The Morgan fingerprint density at radius 2 is 2.12 bits per heavy atom. The van der Waals surface area contributed by atoms with E-state index in [0.29, 0.717) is 26.8 Å². The van der Waals surface area contributed by atoms with Crippen LogP contribution in [0, 0.1) is 11.0 Å². The van der Waals surface area contributed by atoms with E-state index in [0.717, 1.165) is 6.33 Å². The Balaban J connectivity index is 2.12. The Bertz CT molecular complexity index is 882. The standard InChI is InChI=1S/C16H14ClFN4O2/c1-10(2)22-16(14(17)7-20-22)13-5-11(18)3-4-15(13)24-12-6-19-9-21(23)8-12/h3-10H,1-2H3. The second-order valence-corrected chi connectivity index (χ2v) is 5.81. The zero-order chi connectivity index (χ0) is 17.3. The van der Waals surface area contributed by atoms with Crippen molar-refractivity contribution in [1.29, 1.82) is 0 Å². The van der Waals surface area contributed by atoms with Crippen LogP contribution in [0.5, 0.6) is 11.5 Å². The lowest BCUT2D eigenvalue weighted by atomic mass is 10.1. The maximum Gasteiger partial charge on any atom is 0.289 e. The van der Waals surface area contributed by atoms with Crippen molar-refractivity contribution in [1.82, 2.24) is 14.8 Å². The summed E-state index contributed by atoms with van der Waals surface area (Å²) in [5.41, 5.74) is 0.979. The van der Waals surface area contributed by atoms with Crippen molar-refractivity contribution < 1.29 is 13.9 Å². The molecule has 0 amide bonds. The third-order valence-electron chi connectivity index (χ3n) is 3.30. The Kier molecular flexibility index (Phi) is 4.35. The van der Waals surface area contributed by atoms with Crippen LogP contribution in [0.1, 0.15) is 19.9 Å². The van der Waals surface area contributed by atoms with Gasteiger partial charge in [0.25, 0.3) is 6.33 Å². The van der Waals surface area contributed by atoms with Gasteiger partial charge in [-0.2, -0.15) is 5.10 Å². The van der Waals surface area contributed by atoms with Crippen LogP contribution in [0.3, 0.4) is 0 Å². The molecule has 0 spiro atoms. The fraction of sp³-hybridized carbons (Fsp3) is 0.188. The summed E-state index contributed by atoms with van der Waals surface area (Å²) in [5.74, 6) is 0.135. The van der Waals surface area contributed by atoms with Crippen molar-refractivity contribution in [2.75, 3.05) is 0 Å². The van der Waals surface area contributed by atoms with Crippen LogP contribution in [0.2, 0.25) is 5.02 Å². The summed E-state index contributed by atoms with van der Waals surface area (Å²) in [6.45, 7) is 3.88. The van der Waals surface area contributed by atoms with Gasteiger partial charge in [0.15, 0.2) is 6.20 Å². The van der Waals surface area contributed by atoms with Gasteiger partial charge in [-0.05, 0) is 32.0 Å². The van der Waals surface area contributed by atoms with Crippen LogP contribution >= 0.6 is 11.6 Å². The van der Waals surface area contributed by atoms with Crippen molar-refractivity contribution in [2.45, 2.75) is 19.9 Å². The zero-order valence-electron chi connectivity index (χ0n) is 13.0. The monoisotopic (exact) mass is 348 g/mol. The number of rotatable bonds is 4. The molecule has 3 rings (SSSR count). The fourth-order valence-electron chi connectivity index (χ4n) is 2.31. The number of nitrogens with zero attached hydrogens (tertiary/aromatic N) is 4. The molecule has 24 heavy (non-hydrogen) atoms. The first-order valence-corrected chi connectivity index (χ1v) is 7.58. The first kappa shape index (κ1) is 16.2. The molecule has 6 nitrogen and oxygen atoms in total. The highest BCUT2D eigenvalue weighted by Crippen LogP contribution is 2.38. The minimum absolute atomic E-state index is 0.0193. The van der Waals surface area contributed by atoms with Crippen LogP contribution in [0.4, 0.5) is 4.39 Å². The molecule has 0 N–H and O–H groups in total. The van der Waals surface area contributed by atoms with Crippen molar-refractivity contribution in [3.63, 3.8) is 0 Å². The van der Waals surface area contributed by atoms with E-state index in [1.54, 1.807) is 4.68 Å². The predicted molar refractivity (Wildman–Crippen MR) is 86.3 cm³/mol. The third kappa shape index (κ3) is 3.16. The van der Waals surface area contributed by atoms with Crippen LogP contribution in [-0.2, 0) is 0 Å². The summed E-state index contributed by atoms with van der Waals surface area (Å²) >= 11 is 6.25. The van der Waals surface area contributed by atoms with E-state index in [-0.39, 0.29) is 11.8 Å². The van der Waals surface area contributed by atoms with Crippen LogP contribution in [0.15, 0.2) is 43.1 Å². The van der Waals surface area contributed by atoms with Crippen LogP contribution < -0.4 is 9.47 Å². The number of hydrogen-bond acceptors (Lipinski definition) is 4. The SMILES string of the molecule is CC(C)n1ncc(Cl)c1-c1cc(F)ccc1Oc1cnc[n+]([O-])c1. The molecule has 0 radical (unpaired) electrons. The number of benzene rings is 1. The summed E-state index contributed by atoms with van der Waals surface area (Å²) in [6.07, 6.45) is 5.22. The van der Waals surface area contributed by atoms with Gasteiger partial charge in [-0.25, -0.2) is 9.12 Å². The van der Waals surface area contributed by atoms with Crippen LogP contribution in [0.25, 0.3) is 11.3 Å². The maximum absolute atomic E-state index is 13.8. The molecule has 0 atom stereocenters. The average molecular weight is 349 g/mol. The molecule has 2 heterocycles. The number of halogens is 2. The van der Waals surface area contributed by atoms with Crippen molar-refractivity contribution in [2.24, 2.45) is 0 Å². The van der Waals surface area contributed by atoms with Gasteiger partial charge >= 0.3 is 0 Å². The van der Waals surface area contributed by atoms with Gasteiger partial charge in [-0.3, -0.25) is 4.68 Å². The molecule has 124 valence electrons. The summed E-state index contributed by atoms with van der Waals surface area (Å²) in [7, 11) is 0. The van der Waals surface area contributed by atoms with Gasteiger partial charge in [0.2, 0.25) is 5.75 Å². The largest absolute Gasteiger partial charge is 0.711 e. The molecule has 2 aromatic heterocycles. The highest BCUT2D eigenvalue weighted by Gasteiger charge is 2.19. The van der Waals surface area contributed by atoms with E-state index < -0.39 is 5.82 Å². The average Bonchev–Trinajstić information content (AvgIpc) is 2.91. The van der Waals surface area contributed by atoms with Crippen molar-refractivity contribution >= 4 is 11.6 Å². The van der Waals surface area contributed by atoms with E-state index in [1.807, 2.05) is 13.8 Å². The molecule has 0 bridgehead atoms. The minimum atomic E-state index is -0.435. The fourth-order valence-corrected chi connectivity index (χ4v) is 2.54. The smallest absolute Gasteiger partial charge is 0.289 e. The molecule has 0 saturated carbocycles. The number of aromatic nitrogens is 4. The number of hydrogen-bond donors (Lipinski definition) is 0. The van der Waals surface area contributed by atoms with Gasteiger partial charge in [0.05, 0.1) is 16.9 Å². The molecule has 0 aliphatic heterocycles. The minimum Gasteiger partial charge on any atom is -0.711 e.